The Kier molecular flexibility index (Phi) is 11.4. The molecule has 0 spiro atoms. The lowest BCUT2D eigenvalue weighted by Gasteiger charge is -2.34. The Hall–Kier alpha value is -3.07. The van der Waals surface area contributed by atoms with Gasteiger partial charge in [-0.3, -0.25) is 13.9 Å². The molecule has 0 bridgehead atoms. The van der Waals surface area contributed by atoms with Gasteiger partial charge < -0.3 is 10.2 Å². The van der Waals surface area contributed by atoms with Gasteiger partial charge in [-0.2, -0.15) is 0 Å². The summed E-state index contributed by atoms with van der Waals surface area (Å²) < 4.78 is 26.9. The smallest absolute Gasteiger partial charge is 0.244 e. The Morgan fingerprint density at radius 2 is 1.60 bits per heavy atom. The first-order chi connectivity index (χ1) is 19.0. The summed E-state index contributed by atoms with van der Waals surface area (Å²) in [6, 6.07) is 20.4. The number of nitrogens with zero attached hydrogens (tertiary/aromatic N) is 2. The second kappa shape index (κ2) is 14.5. The van der Waals surface area contributed by atoms with Crippen molar-refractivity contribution in [2.45, 2.75) is 45.7 Å². The number of benzene rings is 3. The van der Waals surface area contributed by atoms with Crippen molar-refractivity contribution in [1.82, 2.24) is 10.2 Å². The van der Waals surface area contributed by atoms with Crippen LogP contribution in [0.2, 0.25) is 10.0 Å². The zero-order valence-corrected chi connectivity index (χ0v) is 25.3. The van der Waals surface area contributed by atoms with Crippen molar-refractivity contribution < 1.29 is 18.0 Å². The molecule has 0 aliphatic heterocycles. The number of sulfonamides is 1. The largest absolute Gasteiger partial charge is 0.354 e. The lowest BCUT2D eigenvalue weighted by Crippen LogP contribution is -2.53. The third kappa shape index (κ3) is 8.98. The highest BCUT2D eigenvalue weighted by atomic mass is 35.5. The maximum absolute atomic E-state index is 14.1. The average molecular weight is 605 g/mol. The molecular formula is C30H35Cl2N3O4S. The van der Waals surface area contributed by atoms with E-state index < -0.39 is 28.5 Å². The van der Waals surface area contributed by atoms with Gasteiger partial charge in [-0.25, -0.2) is 8.42 Å². The van der Waals surface area contributed by atoms with Crippen molar-refractivity contribution in [3.8, 4) is 0 Å². The standard InChI is InChI=1S/C30H35Cl2N3O4S/c1-4-5-16-33-30(37)28(18-23-10-7-6-8-11-23)34(20-24-12-9-13-25(31)17-24)29(36)21-35(40(3,38)39)27-19-26(32)15-14-22(27)2/h6-15,17,19,28H,4-5,16,18,20-21H2,1-3H3,(H,33,37)/t28-/m1/s1. The Balaban J connectivity index is 2.06. The second-order valence-electron chi connectivity index (χ2n) is 9.70. The van der Waals surface area contributed by atoms with Crippen LogP contribution in [-0.2, 0) is 32.6 Å². The number of halogens is 2. The minimum Gasteiger partial charge on any atom is -0.354 e. The van der Waals surface area contributed by atoms with Crippen LogP contribution < -0.4 is 9.62 Å². The Labute approximate surface area is 247 Å². The first-order valence-electron chi connectivity index (χ1n) is 13.1. The molecule has 0 saturated carbocycles. The van der Waals surface area contributed by atoms with Gasteiger partial charge in [0.05, 0.1) is 11.9 Å². The van der Waals surface area contributed by atoms with Crippen LogP contribution in [0.25, 0.3) is 0 Å². The summed E-state index contributed by atoms with van der Waals surface area (Å²) in [5.41, 5.74) is 2.53. The van der Waals surface area contributed by atoms with Gasteiger partial charge in [-0.15, -0.1) is 0 Å². The summed E-state index contributed by atoms with van der Waals surface area (Å²) in [6.45, 7) is 3.80. The third-order valence-corrected chi connectivity index (χ3v) is 8.06. The maximum atomic E-state index is 14.1. The molecule has 0 saturated heterocycles. The van der Waals surface area contributed by atoms with Crippen molar-refractivity contribution in [3.05, 3.63) is 99.5 Å². The molecule has 0 aromatic heterocycles. The minimum atomic E-state index is -3.88. The fourth-order valence-corrected chi connectivity index (χ4v) is 5.62. The fraction of sp³-hybridized carbons (Fsp3) is 0.333. The summed E-state index contributed by atoms with van der Waals surface area (Å²) in [5, 5.41) is 3.79. The summed E-state index contributed by atoms with van der Waals surface area (Å²) in [6.07, 6.45) is 2.99. The van der Waals surface area contributed by atoms with E-state index in [2.05, 4.69) is 5.32 Å². The number of hydrogen-bond donors (Lipinski definition) is 1. The van der Waals surface area contributed by atoms with Crippen molar-refractivity contribution >= 4 is 50.7 Å². The van der Waals surface area contributed by atoms with Crippen LogP contribution in [0.15, 0.2) is 72.8 Å². The van der Waals surface area contributed by atoms with E-state index in [1.807, 2.05) is 43.3 Å². The van der Waals surface area contributed by atoms with Crippen LogP contribution in [0.5, 0.6) is 0 Å². The number of amides is 2. The van der Waals surface area contributed by atoms with E-state index >= 15 is 0 Å². The molecule has 3 aromatic carbocycles. The van der Waals surface area contributed by atoms with Crippen molar-refractivity contribution in [3.63, 3.8) is 0 Å². The van der Waals surface area contributed by atoms with Crippen molar-refractivity contribution in [2.75, 3.05) is 23.7 Å². The van der Waals surface area contributed by atoms with Gasteiger partial charge in [0.25, 0.3) is 0 Å². The van der Waals surface area contributed by atoms with E-state index in [0.717, 1.165) is 29.0 Å². The number of nitrogens with one attached hydrogen (secondary N) is 1. The van der Waals surface area contributed by atoms with Gasteiger partial charge in [-0.1, -0.05) is 85.1 Å². The molecule has 0 unspecified atom stereocenters. The van der Waals surface area contributed by atoms with E-state index in [0.29, 0.717) is 33.4 Å². The van der Waals surface area contributed by atoms with E-state index in [1.165, 1.54) is 11.0 Å². The van der Waals surface area contributed by atoms with Gasteiger partial charge in [0, 0.05) is 29.6 Å². The Bertz CT molecular complexity index is 1420. The predicted molar refractivity (Wildman–Crippen MR) is 162 cm³/mol. The van der Waals surface area contributed by atoms with Crippen LogP contribution in [0.1, 0.15) is 36.5 Å². The third-order valence-electron chi connectivity index (χ3n) is 6.46. The SMILES string of the molecule is CCCCNC(=O)[C@@H](Cc1ccccc1)N(Cc1cccc(Cl)c1)C(=O)CN(c1cc(Cl)ccc1C)S(C)(=O)=O. The van der Waals surface area contributed by atoms with Gasteiger partial charge in [0.2, 0.25) is 21.8 Å². The Morgan fingerprint density at radius 1 is 0.925 bits per heavy atom. The van der Waals surface area contributed by atoms with Gasteiger partial charge in [-0.05, 0) is 54.3 Å². The monoisotopic (exact) mass is 603 g/mol. The molecule has 1 N–H and O–H groups in total. The van der Waals surface area contributed by atoms with Crippen molar-refractivity contribution in [2.24, 2.45) is 0 Å². The number of aryl methyl sites for hydroxylation is 1. The first kappa shape index (κ1) is 31.5. The van der Waals surface area contributed by atoms with Crippen LogP contribution in [0.3, 0.4) is 0 Å². The van der Waals surface area contributed by atoms with Crippen LogP contribution in [-0.4, -0.2) is 50.5 Å². The molecule has 1 atom stereocenters. The van der Waals surface area contributed by atoms with Crippen LogP contribution in [0.4, 0.5) is 5.69 Å². The van der Waals surface area contributed by atoms with Crippen LogP contribution in [0, 0.1) is 6.92 Å². The normalized spacial score (nSPS) is 12.0. The zero-order valence-electron chi connectivity index (χ0n) is 22.9. The Morgan fingerprint density at radius 3 is 2.25 bits per heavy atom. The minimum absolute atomic E-state index is 0.0597. The van der Waals surface area contributed by atoms with Gasteiger partial charge in [0.15, 0.2) is 0 Å². The summed E-state index contributed by atoms with van der Waals surface area (Å²) >= 11 is 12.4. The van der Waals surface area contributed by atoms with Gasteiger partial charge in [0.1, 0.15) is 12.6 Å². The zero-order chi connectivity index (χ0) is 29.3. The number of anilines is 1. The molecule has 40 heavy (non-hydrogen) atoms. The summed E-state index contributed by atoms with van der Waals surface area (Å²) in [4.78, 5) is 29.1. The fourth-order valence-electron chi connectivity index (χ4n) is 4.34. The predicted octanol–water partition coefficient (Wildman–Crippen LogP) is 5.62. The lowest BCUT2D eigenvalue weighted by atomic mass is 10.0. The van der Waals surface area contributed by atoms with E-state index in [4.69, 9.17) is 23.2 Å². The molecule has 0 radical (unpaired) electrons. The van der Waals surface area contributed by atoms with Gasteiger partial charge >= 0.3 is 0 Å². The quantitative estimate of drug-likeness (QED) is 0.257. The highest BCUT2D eigenvalue weighted by molar-refractivity contribution is 7.92. The molecule has 0 aliphatic carbocycles. The summed E-state index contributed by atoms with van der Waals surface area (Å²) in [7, 11) is -3.88. The van der Waals surface area contributed by atoms with Crippen molar-refractivity contribution in [1.29, 1.82) is 0 Å². The number of unbranched alkanes of at least 4 members (excludes halogenated alkanes) is 1. The number of carbonyl (C=O) groups excluding carboxylic acids is 2. The topological polar surface area (TPSA) is 86.8 Å². The molecule has 0 aliphatic rings. The number of carbonyl (C=O) groups is 2. The van der Waals surface area contributed by atoms with E-state index in [-0.39, 0.29) is 18.9 Å². The molecule has 3 rings (SSSR count). The van der Waals surface area contributed by atoms with E-state index in [1.54, 1.807) is 37.3 Å². The molecule has 0 fully saturated rings. The van der Waals surface area contributed by atoms with E-state index in [9.17, 15) is 18.0 Å². The lowest BCUT2D eigenvalue weighted by molar-refractivity contribution is -0.140. The molecule has 10 heteroatoms. The van der Waals surface area contributed by atoms with Crippen LogP contribution >= 0.6 is 23.2 Å². The highest BCUT2D eigenvalue weighted by Crippen LogP contribution is 2.27. The number of rotatable bonds is 13. The molecule has 2 amide bonds. The molecule has 0 heterocycles. The second-order valence-corrected chi connectivity index (χ2v) is 12.5. The highest BCUT2D eigenvalue weighted by Gasteiger charge is 2.33. The summed E-state index contributed by atoms with van der Waals surface area (Å²) in [5.74, 6) is -0.839. The molecule has 214 valence electrons. The maximum Gasteiger partial charge on any atom is 0.244 e. The molecular weight excluding hydrogens is 569 g/mol. The molecule has 3 aromatic rings. The first-order valence-corrected chi connectivity index (χ1v) is 15.7. The average Bonchev–Trinajstić information content (AvgIpc) is 2.90. The number of hydrogen-bond acceptors (Lipinski definition) is 4. The molecule has 7 nitrogen and oxygen atoms in total.